The van der Waals surface area contributed by atoms with Gasteiger partial charge in [-0.15, -0.1) is 5.10 Å². The molecule has 1 amide bonds. The lowest BCUT2D eigenvalue weighted by molar-refractivity contribution is -0.124. The minimum Gasteiger partial charge on any atom is -0.363 e. The number of aryl methyl sites for hydroxylation is 1. The van der Waals surface area contributed by atoms with Crippen LogP contribution < -0.4 is 5.73 Å². The van der Waals surface area contributed by atoms with E-state index < -0.39 is 35.0 Å². The molecule has 0 aliphatic carbocycles. The van der Waals surface area contributed by atoms with Crippen LogP contribution in [-0.2, 0) is 23.8 Å². The van der Waals surface area contributed by atoms with Crippen LogP contribution in [0.15, 0.2) is 35.5 Å². The minimum atomic E-state index is -4.01. The van der Waals surface area contributed by atoms with Gasteiger partial charge in [-0.05, 0) is 19.1 Å². The first-order valence-corrected chi connectivity index (χ1v) is 9.02. The van der Waals surface area contributed by atoms with Gasteiger partial charge in [-0.1, -0.05) is 17.7 Å². The Hall–Kier alpha value is -2.63. The molecule has 1 fully saturated rings. The maximum atomic E-state index is 12.2. The molecule has 0 spiro atoms. The van der Waals surface area contributed by atoms with Crippen LogP contribution >= 0.6 is 0 Å². The van der Waals surface area contributed by atoms with Crippen molar-refractivity contribution in [1.82, 2.24) is 14.8 Å². The molecule has 1 aromatic heterocycles. The summed E-state index contributed by atoms with van der Waals surface area (Å²) in [5, 5.41) is 3.82. The fraction of sp³-hybridized carbons (Fsp3) is 0.333. The summed E-state index contributed by atoms with van der Waals surface area (Å²) < 4.78 is 35.9. The minimum absolute atomic E-state index is 0.00697. The molecule has 0 unspecified atom stereocenters. The second kappa shape index (κ2) is 6.94. The average molecular weight is 380 g/mol. The predicted octanol–water partition coefficient (Wildman–Crippen LogP) is -0.0525. The standard InChI is InChI=1S/C15H16N4O6S/c1-9-2-4-10(5-3-9)26(22,23)24-7-12-11(20)6-13(25-12)19-8-17-15(18-19)14(16)21/h2-5,8,12-13H,6-7H2,1H3,(H2,16,21)/t12-,13-/m1/s1. The fourth-order valence-corrected chi connectivity index (χ4v) is 3.26. The number of ether oxygens (including phenoxy) is 1. The van der Waals surface area contributed by atoms with Crippen LogP contribution in [-0.4, -0.2) is 47.6 Å². The molecule has 2 atom stereocenters. The van der Waals surface area contributed by atoms with Crippen LogP contribution in [0.2, 0.25) is 0 Å². The van der Waals surface area contributed by atoms with E-state index in [4.69, 9.17) is 14.7 Å². The van der Waals surface area contributed by atoms with Gasteiger partial charge in [0, 0.05) is 0 Å². The number of amides is 1. The molecule has 3 rings (SSSR count). The predicted molar refractivity (Wildman–Crippen MR) is 86.4 cm³/mol. The molecule has 1 saturated heterocycles. The van der Waals surface area contributed by atoms with Crippen molar-refractivity contribution in [2.45, 2.75) is 30.6 Å². The van der Waals surface area contributed by atoms with Gasteiger partial charge in [0.15, 0.2) is 12.0 Å². The Morgan fingerprint density at radius 2 is 2.08 bits per heavy atom. The zero-order chi connectivity index (χ0) is 18.9. The maximum Gasteiger partial charge on any atom is 0.297 e. The number of Topliss-reactive ketones (excluding diaryl/α,β-unsaturated/α-hetero) is 1. The molecular weight excluding hydrogens is 364 g/mol. The van der Waals surface area contributed by atoms with Crippen molar-refractivity contribution < 1.29 is 26.9 Å². The molecule has 2 heterocycles. The Balaban J connectivity index is 1.64. The lowest BCUT2D eigenvalue weighted by atomic mass is 10.2. The number of nitrogens with two attached hydrogens (primary N) is 1. The van der Waals surface area contributed by atoms with Gasteiger partial charge in [0.1, 0.15) is 19.0 Å². The second-order valence-electron chi connectivity index (χ2n) is 5.71. The third-order valence-corrected chi connectivity index (χ3v) is 5.06. The highest BCUT2D eigenvalue weighted by Crippen LogP contribution is 2.26. The van der Waals surface area contributed by atoms with Crippen molar-refractivity contribution in [3.05, 3.63) is 42.0 Å². The summed E-state index contributed by atoms with van der Waals surface area (Å²) in [7, 11) is -4.01. The van der Waals surface area contributed by atoms with E-state index in [2.05, 4.69) is 10.1 Å². The van der Waals surface area contributed by atoms with Crippen molar-refractivity contribution in [1.29, 1.82) is 0 Å². The van der Waals surface area contributed by atoms with Gasteiger partial charge in [0.2, 0.25) is 5.82 Å². The summed E-state index contributed by atoms with van der Waals surface area (Å²) in [5.41, 5.74) is 5.98. The quantitative estimate of drug-likeness (QED) is 0.687. The number of benzene rings is 1. The summed E-state index contributed by atoms with van der Waals surface area (Å²) in [5.74, 6) is -1.36. The van der Waals surface area contributed by atoms with Crippen LogP contribution in [0.1, 0.15) is 28.8 Å². The summed E-state index contributed by atoms with van der Waals surface area (Å²) in [6.07, 6.45) is -0.718. The van der Waals surface area contributed by atoms with E-state index in [0.29, 0.717) is 0 Å². The molecule has 1 aromatic carbocycles. The molecule has 10 nitrogen and oxygen atoms in total. The smallest absolute Gasteiger partial charge is 0.297 e. The van der Waals surface area contributed by atoms with E-state index in [-0.39, 0.29) is 22.9 Å². The van der Waals surface area contributed by atoms with Gasteiger partial charge in [0.05, 0.1) is 11.3 Å². The molecule has 11 heteroatoms. The molecule has 0 bridgehead atoms. The van der Waals surface area contributed by atoms with Crippen molar-refractivity contribution in [2.75, 3.05) is 6.61 Å². The summed E-state index contributed by atoms with van der Waals surface area (Å²) in [6, 6.07) is 6.13. The van der Waals surface area contributed by atoms with Gasteiger partial charge in [0.25, 0.3) is 16.0 Å². The maximum absolute atomic E-state index is 12.2. The summed E-state index contributed by atoms with van der Waals surface area (Å²) >= 11 is 0. The van der Waals surface area contributed by atoms with Crippen molar-refractivity contribution >= 4 is 21.8 Å². The van der Waals surface area contributed by atoms with Crippen molar-refractivity contribution in [3.8, 4) is 0 Å². The van der Waals surface area contributed by atoms with Crippen LogP contribution in [0.3, 0.4) is 0 Å². The molecular formula is C15H16N4O6S. The number of ketones is 1. The molecule has 1 aliphatic heterocycles. The number of primary amides is 1. The second-order valence-corrected chi connectivity index (χ2v) is 7.33. The largest absolute Gasteiger partial charge is 0.363 e. The Kier molecular flexibility index (Phi) is 4.85. The summed E-state index contributed by atoms with van der Waals surface area (Å²) in [6.45, 7) is 1.37. The lowest BCUT2D eigenvalue weighted by Gasteiger charge is -2.12. The van der Waals surface area contributed by atoms with Crippen LogP contribution in [0, 0.1) is 6.92 Å². The van der Waals surface area contributed by atoms with Gasteiger partial charge in [-0.2, -0.15) is 8.42 Å². The molecule has 0 saturated carbocycles. The number of rotatable bonds is 6. The number of hydrogen-bond donors (Lipinski definition) is 1. The van der Waals surface area contributed by atoms with Crippen LogP contribution in [0.5, 0.6) is 0 Å². The lowest BCUT2D eigenvalue weighted by Crippen LogP contribution is -2.25. The zero-order valence-electron chi connectivity index (χ0n) is 13.7. The van der Waals surface area contributed by atoms with Crippen molar-refractivity contribution in [3.63, 3.8) is 0 Å². The van der Waals surface area contributed by atoms with Gasteiger partial charge in [-0.3, -0.25) is 13.8 Å². The first-order valence-electron chi connectivity index (χ1n) is 7.61. The zero-order valence-corrected chi connectivity index (χ0v) is 14.5. The molecule has 1 aliphatic rings. The molecule has 0 radical (unpaired) electrons. The van der Waals surface area contributed by atoms with Gasteiger partial charge >= 0.3 is 0 Å². The third-order valence-electron chi connectivity index (χ3n) is 3.76. The van der Waals surface area contributed by atoms with Gasteiger partial charge in [-0.25, -0.2) is 9.67 Å². The molecule has 2 aromatic rings. The fourth-order valence-electron chi connectivity index (χ4n) is 2.36. The summed E-state index contributed by atoms with van der Waals surface area (Å²) in [4.78, 5) is 26.8. The Morgan fingerprint density at radius 1 is 1.38 bits per heavy atom. The van der Waals surface area contributed by atoms with Gasteiger partial charge < -0.3 is 10.5 Å². The highest BCUT2D eigenvalue weighted by atomic mass is 32.2. The van der Waals surface area contributed by atoms with E-state index in [1.165, 1.54) is 23.1 Å². The number of carbonyl (C=O) groups is 2. The Morgan fingerprint density at radius 3 is 2.69 bits per heavy atom. The number of hydrogen-bond acceptors (Lipinski definition) is 8. The van der Waals surface area contributed by atoms with Crippen molar-refractivity contribution in [2.24, 2.45) is 5.73 Å². The van der Waals surface area contributed by atoms with E-state index in [1.54, 1.807) is 12.1 Å². The number of aromatic nitrogens is 3. The van der Waals surface area contributed by atoms with E-state index >= 15 is 0 Å². The molecule has 138 valence electrons. The third kappa shape index (κ3) is 3.79. The topological polar surface area (TPSA) is 143 Å². The van der Waals surface area contributed by atoms with Crippen LogP contribution in [0.4, 0.5) is 0 Å². The Labute approximate surface area is 149 Å². The first-order chi connectivity index (χ1) is 12.3. The average Bonchev–Trinajstić information content (AvgIpc) is 3.20. The monoisotopic (exact) mass is 380 g/mol. The SMILES string of the molecule is Cc1ccc(S(=O)(=O)OC[C@H]2O[C@@H](n3cnc(C(N)=O)n3)CC2=O)cc1. The first kappa shape index (κ1) is 18.2. The molecule has 2 N–H and O–H groups in total. The number of nitrogens with zero attached hydrogens (tertiary/aromatic N) is 3. The van der Waals surface area contributed by atoms with Crippen LogP contribution in [0.25, 0.3) is 0 Å². The highest BCUT2D eigenvalue weighted by Gasteiger charge is 2.36. The Bertz CT molecular complexity index is 937. The normalized spacial score (nSPS) is 20.4. The van der Waals surface area contributed by atoms with E-state index in [9.17, 15) is 18.0 Å². The van der Waals surface area contributed by atoms with E-state index in [1.807, 2.05) is 6.92 Å². The van der Waals surface area contributed by atoms with E-state index in [0.717, 1.165) is 5.56 Å². The molecule has 26 heavy (non-hydrogen) atoms. The highest BCUT2D eigenvalue weighted by molar-refractivity contribution is 7.86. The number of carbonyl (C=O) groups excluding carboxylic acids is 2.